The molecule has 1 fully saturated rings. The molecule has 0 saturated carbocycles. The quantitative estimate of drug-likeness (QED) is 0.635. The number of rotatable bonds is 3. The molecule has 0 spiro atoms. The van der Waals surface area contributed by atoms with Crippen LogP contribution in [-0.4, -0.2) is 36.2 Å². The Bertz CT molecular complexity index is 292. The summed E-state index contributed by atoms with van der Waals surface area (Å²) in [4.78, 5) is 13.4. The zero-order chi connectivity index (χ0) is 15.6. The molecule has 116 valence electrons. The van der Waals surface area contributed by atoms with Gasteiger partial charge in [-0.1, -0.05) is 19.6 Å². The first-order chi connectivity index (χ1) is 9.30. The van der Waals surface area contributed by atoms with Crippen LogP contribution in [0.2, 0.25) is 0 Å². The van der Waals surface area contributed by atoms with Gasteiger partial charge in [-0.15, -0.1) is 6.58 Å². The predicted molar refractivity (Wildman–Crippen MR) is 84.6 cm³/mol. The van der Waals surface area contributed by atoms with E-state index in [4.69, 9.17) is 4.74 Å². The molecule has 20 heavy (non-hydrogen) atoms. The molecular formula is C16H30N2O2. The lowest BCUT2D eigenvalue weighted by atomic mass is 10.00. The summed E-state index contributed by atoms with van der Waals surface area (Å²) in [5.74, 6) is 0.744. The topological polar surface area (TPSA) is 41.6 Å². The molecule has 1 rings (SSSR count). The van der Waals surface area contributed by atoms with Gasteiger partial charge in [0.1, 0.15) is 5.60 Å². The maximum absolute atomic E-state index is 11.6. The lowest BCUT2D eigenvalue weighted by Crippen LogP contribution is -2.41. The van der Waals surface area contributed by atoms with Crippen molar-refractivity contribution >= 4 is 6.09 Å². The van der Waals surface area contributed by atoms with Crippen molar-refractivity contribution in [3.8, 4) is 0 Å². The van der Waals surface area contributed by atoms with Crippen molar-refractivity contribution in [2.24, 2.45) is 5.92 Å². The van der Waals surface area contributed by atoms with Crippen molar-refractivity contribution in [1.82, 2.24) is 10.2 Å². The molecule has 0 unspecified atom stereocenters. The number of ether oxygens (including phenoxy) is 1. The van der Waals surface area contributed by atoms with E-state index in [0.29, 0.717) is 0 Å². The summed E-state index contributed by atoms with van der Waals surface area (Å²) in [5.41, 5.74) is -0.375. The highest BCUT2D eigenvalue weighted by Crippen LogP contribution is 2.18. The molecule has 0 bridgehead atoms. The Labute approximate surface area is 123 Å². The number of hydrogen-bond acceptors (Lipinski definition) is 3. The Hall–Kier alpha value is -1.45. The van der Waals surface area contributed by atoms with Crippen LogP contribution in [-0.2, 0) is 4.74 Å². The molecule has 4 heteroatoms. The van der Waals surface area contributed by atoms with E-state index in [1.807, 2.05) is 25.7 Å². The van der Waals surface area contributed by atoms with Crippen LogP contribution in [0.1, 0.15) is 40.5 Å². The molecule has 1 saturated heterocycles. The largest absolute Gasteiger partial charge is 0.444 e. The molecule has 0 aromatic rings. The number of carbonyl (C=O) groups is 1. The zero-order valence-electron chi connectivity index (χ0n) is 13.4. The van der Waals surface area contributed by atoms with Gasteiger partial charge >= 0.3 is 6.09 Å². The number of nitrogens with one attached hydrogen (secondary N) is 1. The van der Waals surface area contributed by atoms with E-state index in [2.05, 4.69) is 25.4 Å². The van der Waals surface area contributed by atoms with E-state index in [0.717, 1.165) is 38.4 Å². The standard InChI is InChI=1S/C11H21NO2.C5H9N/c1-9-5-7-12(8-6-9)10(13)14-11(2,3)4;1-3-5-6-4-2/h9H,5-8H2,1-4H3;3-4,6H,1-2,5H2. The van der Waals surface area contributed by atoms with Gasteiger partial charge in [0.25, 0.3) is 0 Å². The van der Waals surface area contributed by atoms with Gasteiger partial charge in [-0.2, -0.15) is 0 Å². The van der Waals surface area contributed by atoms with Crippen LogP contribution in [0.4, 0.5) is 4.79 Å². The van der Waals surface area contributed by atoms with E-state index in [-0.39, 0.29) is 11.7 Å². The molecule has 0 atom stereocenters. The second-order valence-electron chi connectivity index (χ2n) is 6.05. The van der Waals surface area contributed by atoms with Crippen LogP contribution in [0.5, 0.6) is 0 Å². The summed E-state index contributed by atoms with van der Waals surface area (Å²) in [6.07, 6.45) is 5.45. The molecule has 0 aliphatic carbocycles. The minimum Gasteiger partial charge on any atom is -0.444 e. The lowest BCUT2D eigenvalue weighted by Gasteiger charge is -2.32. The molecule has 0 aromatic carbocycles. The highest BCUT2D eigenvalue weighted by molar-refractivity contribution is 5.68. The van der Waals surface area contributed by atoms with Crippen molar-refractivity contribution < 1.29 is 9.53 Å². The van der Waals surface area contributed by atoms with E-state index in [1.165, 1.54) is 0 Å². The average Bonchev–Trinajstić information content (AvgIpc) is 2.36. The number of piperidine rings is 1. The van der Waals surface area contributed by atoms with Crippen LogP contribution >= 0.6 is 0 Å². The van der Waals surface area contributed by atoms with Gasteiger partial charge in [0, 0.05) is 19.6 Å². The third-order valence-electron chi connectivity index (χ3n) is 2.84. The molecule has 4 nitrogen and oxygen atoms in total. The van der Waals surface area contributed by atoms with Crippen LogP contribution in [0.15, 0.2) is 25.4 Å². The van der Waals surface area contributed by atoms with Crippen molar-refractivity contribution in [3.63, 3.8) is 0 Å². The Kier molecular flexibility index (Phi) is 8.77. The lowest BCUT2D eigenvalue weighted by molar-refractivity contribution is 0.0190. The Balaban J connectivity index is 0.000000511. The highest BCUT2D eigenvalue weighted by Gasteiger charge is 2.24. The molecule has 1 N–H and O–H groups in total. The van der Waals surface area contributed by atoms with Gasteiger partial charge in [0.15, 0.2) is 0 Å². The summed E-state index contributed by atoms with van der Waals surface area (Å²) in [5, 5.41) is 2.84. The highest BCUT2D eigenvalue weighted by atomic mass is 16.6. The van der Waals surface area contributed by atoms with Gasteiger partial charge in [0.2, 0.25) is 0 Å². The Morgan fingerprint density at radius 2 is 1.90 bits per heavy atom. The van der Waals surface area contributed by atoms with Gasteiger partial charge < -0.3 is 15.0 Å². The fourth-order valence-electron chi connectivity index (χ4n) is 1.68. The number of carbonyl (C=O) groups excluding carboxylic acids is 1. The van der Waals surface area contributed by atoms with E-state index < -0.39 is 0 Å². The first-order valence-corrected chi connectivity index (χ1v) is 7.23. The maximum atomic E-state index is 11.6. The number of likely N-dealkylation sites (tertiary alicyclic amines) is 1. The predicted octanol–water partition coefficient (Wildman–Crippen LogP) is 3.56. The second-order valence-corrected chi connectivity index (χ2v) is 6.05. The maximum Gasteiger partial charge on any atom is 0.410 e. The molecule has 0 radical (unpaired) electrons. The first-order valence-electron chi connectivity index (χ1n) is 7.23. The summed E-state index contributed by atoms with van der Waals surface area (Å²) in [6.45, 7) is 17.4. The number of amides is 1. The summed E-state index contributed by atoms with van der Waals surface area (Å²) < 4.78 is 5.30. The summed E-state index contributed by atoms with van der Waals surface area (Å²) in [6, 6.07) is 0. The van der Waals surface area contributed by atoms with Gasteiger partial charge in [-0.05, 0) is 45.7 Å². The van der Waals surface area contributed by atoms with Crippen LogP contribution in [0, 0.1) is 5.92 Å². The van der Waals surface area contributed by atoms with Gasteiger partial charge in [-0.3, -0.25) is 0 Å². The first kappa shape index (κ1) is 18.6. The van der Waals surface area contributed by atoms with Crippen molar-refractivity contribution in [2.75, 3.05) is 19.6 Å². The van der Waals surface area contributed by atoms with Crippen molar-refractivity contribution in [1.29, 1.82) is 0 Å². The number of nitrogens with zero attached hydrogens (tertiary/aromatic N) is 1. The fourth-order valence-corrected chi connectivity index (χ4v) is 1.68. The normalized spacial score (nSPS) is 15.7. The van der Waals surface area contributed by atoms with Gasteiger partial charge in [0.05, 0.1) is 0 Å². The van der Waals surface area contributed by atoms with Crippen LogP contribution in [0.3, 0.4) is 0 Å². The number of hydrogen-bond donors (Lipinski definition) is 1. The summed E-state index contributed by atoms with van der Waals surface area (Å²) >= 11 is 0. The minimum atomic E-state index is -0.375. The molecule has 1 aliphatic heterocycles. The third kappa shape index (κ3) is 9.48. The fraction of sp³-hybridized carbons (Fsp3) is 0.688. The monoisotopic (exact) mass is 282 g/mol. The van der Waals surface area contributed by atoms with Crippen molar-refractivity contribution in [2.45, 2.75) is 46.1 Å². The molecular weight excluding hydrogens is 252 g/mol. The molecule has 1 heterocycles. The molecule has 1 amide bonds. The van der Waals surface area contributed by atoms with E-state index in [9.17, 15) is 4.79 Å². The van der Waals surface area contributed by atoms with Gasteiger partial charge in [-0.25, -0.2) is 4.79 Å². The third-order valence-corrected chi connectivity index (χ3v) is 2.84. The van der Waals surface area contributed by atoms with Crippen LogP contribution < -0.4 is 5.32 Å². The average molecular weight is 282 g/mol. The Morgan fingerprint density at radius 3 is 2.25 bits per heavy atom. The van der Waals surface area contributed by atoms with Crippen LogP contribution in [0.25, 0.3) is 0 Å². The zero-order valence-corrected chi connectivity index (χ0v) is 13.4. The van der Waals surface area contributed by atoms with E-state index in [1.54, 1.807) is 12.3 Å². The van der Waals surface area contributed by atoms with Crippen molar-refractivity contribution in [3.05, 3.63) is 25.4 Å². The minimum absolute atomic E-state index is 0.163. The molecule has 0 aromatic heterocycles. The second kappa shape index (κ2) is 9.45. The Morgan fingerprint density at radius 1 is 1.35 bits per heavy atom. The SMILES string of the molecule is C=CCNC=C.CC1CCN(C(=O)OC(C)(C)C)CC1. The van der Waals surface area contributed by atoms with E-state index >= 15 is 0 Å². The smallest absolute Gasteiger partial charge is 0.410 e. The summed E-state index contributed by atoms with van der Waals surface area (Å²) in [7, 11) is 0. The molecule has 1 aliphatic rings.